The quantitative estimate of drug-likeness (QED) is 0.842. The second-order valence-electron chi connectivity index (χ2n) is 4.28. The fraction of sp³-hybridized carbons (Fsp3) is 0.133. The zero-order chi connectivity index (χ0) is 15.4. The van der Waals surface area contributed by atoms with Gasteiger partial charge < -0.3 is 10.6 Å². The molecule has 0 unspecified atom stereocenters. The zero-order valence-electron chi connectivity index (χ0n) is 11.2. The van der Waals surface area contributed by atoms with Crippen LogP contribution in [0.4, 0.5) is 24.5 Å². The standard InChI is InChI=1S/C15H13F3N2O/c1-2-19-10-5-3-9(4-6-10)15(21)20-12-8-7-11(16)13(17)14(12)18/h3-8,19H,2H2,1H3,(H,20,21). The molecule has 2 N–H and O–H groups in total. The van der Waals surface area contributed by atoms with Crippen LogP contribution in [0.25, 0.3) is 0 Å². The smallest absolute Gasteiger partial charge is 0.255 e. The van der Waals surface area contributed by atoms with Gasteiger partial charge in [-0.25, -0.2) is 13.2 Å². The molecule has 0 saturated heterocycles. The summed E-state index contributed by atoms with van der Waals surface area (Å²) in [4.78, 5) is 11.9. The average Bonchev–Trinajstić information content (AvgIpc) is 2.49. The van der Waals surface area contributed by atoms with E-state index in [4.69, 9.17) is 0 Å². The molecule has 0 fully saturated rings. The molecule has 6 heteroatoms. The molecule has 110 valence electrons. The van der Waals surface area contributed by atoms with Crippen molar-refractivity contribution in [3.63, 3.8) is 0 Å². The van der Waals surface area contributed by atoms with Crippen molar-refractivity contribution in [3.05, 3.63) is 59.4 Å². The number of hydrogen-bond donors (Lipinski definition) is 2. The van der Waals surface area contributed by atoms with E-state index in [0.717, 1.165) is 24.4 Å². The maximum absolute atomic E-state index is 13.5. The predicted molar refractivity (Wildman–Crippen MR) is 74.9 cm³/mol. The summed E-state index contributed by atoms with van der Waals surface area (Å²) in [5.41, 5.74) is 0.712. The van der Waals surface area contributed by atoms with Crippen LogP contribution in [0.5, 0.6) is 0 Å². The second-order valence-corrected chi connectivity index (χ2v) is 4.28. The van der Waals surface area contributed by atoms with Crippen molar-refractivity contribution >= 4 is 17.3 Å². The molecule has 1 amide bonds. The summed E-state index contributed by atoms with van der Waals surface area (Å²) < 4.78 is 39.3. The summed E-state index contributed by atoms with van der Waals surface area (Å²) in [6.45, 7) is 2.68. The molecule has 0 aliphatic carbocycles. The highest BCUT2D eigenvalue weighted by atomic mass is 19.2. The molecule has 2 aromatic carbocycles. The summed E-state index contributed by atoms with van der Waals surface area (Å²) in [7, 11) is 0. The van der Waals surface area contributed by atoms with E-state index in [0.29, 0.717) is 0 Å². The van der Waals surface area contributed by atoms with Gasteiger partial charge >= 0.3 is 0 Å². The van der Waals surface area contributed by atoms with Gasteiger partial charge in [0.15, 0.2) is 17.5 Å². The molecule has 0 heterocycles. The Morgan fingerprint density at radius 2 is 1.67 bits per heavy atom. The number of hydrogen-bond acceptors (Lipinski definition) is 2. The highest BCUT2D eigenvalue weighted by Crippen LogP contribution is 2.20. The van der Waals surface area contributed by atoms with Gasteiger partial charge in [-0.2, -0.15) is 0 Å². The van der Waals surface area contributed by atoms with E-state index in [-0.39, 0.29) is 5.56 Å². The van der Waals surface area contributed by atoms with Crippen LogP contribution in [-0.4, -0.2) is 12.5 Å². The molecule has 0 bridgehead atoms. The first-order chi connectivity index (χ1) is 10.0. The van der Waals surface area contributed by atoms with Crippen molar-refractivity contribution in [2.75, 3.05) is 17.2 Å². The van der Waals surface area contributed by atoms with Gasteiger partial charge in [-0.3, -0.25) is 4.79 Å². The van der Waals surface area contributed by atoms with E-state index in [1.807, 2.05) is 6.92 Å². The predicted octanol–water partition coefficient (Wildman–Crippen LogP) is 3.79. The number of anilines is 2. The molecule has 0 radical (unpaired) electrons. The van der Waals surface area contributed by atoms with Crippen molar-refractivity contribution in [1.29, 1.82) is 0 Å². The molecule has 0 aliphatic rings. The van der Waals surface area contributed by atoms with Gasteiger partial charge in [0.25, 0.3) is 5.91 Å². The van der Waals surface area contributed by atoms with E-state index in [1.165, 1.54) is 0 Å². The number of carbonyl (C=O) groups is 1. The first-order valence-electron chi connectivity index (χ1n) is 6.31. The minimum Gasteiger partial charge on any atom is -0.385 e. The fourth-order valence-electron chi connectivity index (χ4n) is 1.76. The molecule has 0 aliphatic heterocycles. The number of rotatable bonds is 4. The van der Waals surface area contributed by atoms with Crippen LogP contribution in [-0.2, 0) is 0 Å². The molecule has 0 aromatic heterocycles. The van der Waals surface area contributed by atoms with Crippen molar-refractivity contribution in [3.8, 4) is 0 Å². The maximum atomic E-state index is 13.5. The lowest BCUT2D eigenvalue weighted by Gasteiger charge is -2.08. The number of amides is 1. The Morgan fingerprint density at radius 3 is 2.29 bits per heavy atom. The first-order valence-corrected chi connectivity index (χ1v) is 6.31. The van der Waals surface area contributed by atoms with Crippen LogP contribution in [0.3, 0.4) is 0 Å². The van der Waals surface area contributed by atoms with Crippen LogP contribution in [0, 0.1) is 17.5 Å². The Morgan fingerprint density at radius 1 is 1.00 bits per heavy atom. The minimum atomic E-state index is -1.62. The Bertz CT molecular complexity index is 657. The number of nitrogens with one attached hydrogen (secondary N) is 2. The Balaban J connectivity index is 2.16. The summed E-state index contributed by atoms with van der Waals surface area (Å²) in [6, 6.07) is 8.21. The van der Waals surface area contributed by atoms with E-state index in [9.17, 15) is 18.0 Å². The van der Waals surface area contributed by atoms with Gasteiger partial charge in [0.1, 0.15) is 0 Å². The summed E-state index contributed by atoms with van der Waals surface area (Å²) in [5.74, 6) is -4.95. The minimum absolute atomic E-state index is 0.279. The van der Waals surface area contributed by atoms with Gasteiger partial charge in [0.2, 0.25) is 0 Å². The highest BCUT2D eigenvalue weighted by molar-refractivity contribution is 6.04. The molecule has 0 saturated carbocycles. The van der Waals surface area contributed by atoms with Crippen LogP contribution in [0.15, 0.2) is 36.4 Å². The van der Waals surface area contributed by atoms with Gasteiger partial charge in [-0.1, -0.05) is 0 Å². The second kappa shape index (κ2) is 6.30. The topological polar surface area (TPSA) is 41.1 Å². The van der Waals surface area contributed by atoms with E-state index < -0.39 is 29.0 Å². The number of benzene rings is 2. The van der Waals surface area contributed by atoms with Gasteiger partial charge in [-0.05, 0) is 43.3 Å². The van der Waals surface area contributed by atoms with E-state index in [1.54, 1.807) is 24.3 Å². The zero-order valence-corrected chi connectivity index (χ0v) is 11.2. The molecule has 2 aromatic rings. The van der Waals surface area contributed by atoms with Crippen molar-refractivity contribution in [1.82, 2.24) is 0 Å². The Kier molecular flexibility index (Phi) is 4.47. The molecule has 21 heavy (non-hydrogen) atoms. The lowest BCUT2D eigenvalue weighted by molar-refractivity contribution is 0.102. The monoisotopic (exact) mass is 294 g/mol. The van der Waals surface area contributed by atoms with Crippen molar-refractivity contribution < 1.29 is 18.0 Å². The average molecular weight is 294 g/mol. The van der Waals surface area contributed by atoms with Crippen LogP contribution in [0.2, 0.25) is 0 Å². The van der Waals surface area contributed by atoms with Gasteiger partial charge in [0.05, 0.1) is 5.69 Å². The van der Waals surface area contributed by atoms with Crippen LogP contribution < -0.4 is 10.6 Å². The van der Waals surface area contributed by atoms with Gasteiger partial charge in [-0.15, -0.1) is 0 Å². The van der Waals surface area contributed by atoms with Crippen molar-refractivity contribution in [2.45, 2.75) is 6.92 Å². The van der Waals surface area contributed by atoms with Gasteiger partial charge in [0, 0.05) is 17.8 Å². The third kappa shape index (κ3) is 3.34. The Hall–Kier alpha value is -2.50. The third-order valence-electron chi connectivity index (χ3n) is 2.81. The molecule has 2 rings (SSSR count). The van der Waals surface area contributed by atoms with Crippen LogP contribution in [0.1, 0.15) is 17.3 Å². The largest absolute Gasteiger partial charge is 0.385 e. The Labute approximate surface area is 119 Å². The van der Waals surface area contributed by atoms with E-state index in [2.05, 4.69) is 10.6 Å². The molecular weight excluding hydrogens is 281 g/mol. The maximum Gasteiger partial charge on any atom is 0.255 e. The fourth-order valence-corrected chi connectivity index (χ4v) is 1.76. The lowest BCUT2D eigenvalue weighted by Crippen LogP contribution is -2.14. The molecule has 0 atom stereocenters. The third-order valence-corrected chi connectivity index (χ3v) is 2.81. The van der Waals surface area contributed by atoms with E-state index >= 15 is 0 Å². The number of halogens is 3. The van der Waals surface area contributed by atoms with Crippen LogP contribution >= 0.6 is 0 Å². The van der Waals surface area contributed by atoms with Crippen molar-refractivity contribution in [2.24, 2.45) is 0 Å². The molecule has 3 nitrogen and oxygen atoms in total. The summed E-state index contributed by atoms with van der Waals surface area (Å²) >= 11 is 0. The molecule has 0 spiro atoms. The summed E-state index contributed by atoms with van der Waals surface area (Å²) in [6.07, 6.45) is 0. The normalized spacial score (nSPS) is 10.3. The SMILES string of the molecule is CCNc1ccc(C(=O)Nc2ccc(F)c(F)c2F)cc1. The molecular formula is C15H13F3N2O. The lowest BCUT2D eigenvalue weighted by atomic mass is 10.2. The number of carbonyl (C=O) groups excluding carboxylic acids is 1. The summed E-state index contributed by atoms with van der Waals surface area (Å²) in [5, 5.41) is 5.27. The first kappa shape index (κ1) is 14.9. The highest BCUT2D eigenvalue weighted by Gasteiger charge is 2.15.